The van der Waals surface area contributed by atoms with Gasteiger partial charge in [0.05, 0.1) is 22.5 Å². The molecular weight excluding hydrogens is 239 g/mol. The Hall–Kier alpha value is -1.07. The summed E-state index contributed by atoms with van der Waals surface area (Å²) >= 11 is 0. The average molecular weight is 260 g/mol. The van der Waals surface area contributed by atoms with Crippen molar-refractivity contribution in [2.75, 3.05) is 18.0 Å². The summed E-state index contributed by atoms with van der Waals surface area (Å²) in [5.74, 6) is 0. The average Bonchev–Trinajstić information content (AvgIpc) is 2.47. The Morgan fingerprint density at radius 2 is 1.74 bits per heavy atom. The van der Waals surface area contributed by atoms with E-state index in [1.807, 2.05) is 12.3 Å². The standard InChI is InChI=1S/C14H21BN2O2/c1-13(2)14(3,4)19-15(18-13)12-7-6-11(10-16-12)17-8-5-9-17/h6-7,10H,5,8-9H2,1-4H3. The first-order valence-corrected chi connectivity index (χ1v) is 6.96. The molecule has 1 aromatic heterocycles. The Balaban J connectivity index is 1.76. The van der Waals surface area contributed by atoms with Gasteiger partial charge >= 0.3 is 7.12 Å². The molecule has 0 saturated carbocycles. The van der Waals surface area contributed by atoms with E-state index in [1.165, 1.54) is 12.1 Å². The predicted molar refractivity (Wildman–Crippen MR) is 76.8 cm³/mol. The Morgan fingerprint density at radius 1 is 1.11 bits per heavy atom. The van der Waals surface area contributed by atoms with Crippen molar-refractivity contribution in [1.29, 1.82) is 0 Å². The summed E-state index contributed by atoms with van der Waals surface area (Å²) in [7, 11) is -0.365. The van der Waals surface area contributed by atoms with Crippen LogP contribution in [0.4, 0.5) is 5.69 Å². The van der Waals surface area contributed by atoms with E-state index < -0.39 is 0 Å². The minimum atomic E-state index is -0.365. The molecule has 2 fully saturated rings. The van der Waals surface area contributed by atoms with Crippen LogP contribution in [-0.4, -0.2) is 36.4 Å². The second-order valence-corrected chi connectivity index (χ2v) is 6.37. The third-order valence-corrected chi connectivity index (χ3v) is 4.49. The molecule has 102 valence electrons. The molecule has 0 radical (unpaired) electrons. The number of nitrogens with zero attached hydrogens (tertiary/aromatic N) is 2. The van der Waals surface area contributed by atoms with Crippen molar-refractivity contribution in [3.05, 3.63) is 18.3 Å². The van der Waals surface area contributed by atoms with Gasteiger partial charge in [0.2, 0.25) is 0 Å². The zero-order chi connectivity index (χ0) is 13.7. The molecule has 0 amide bonds. The smallest absolute Gasteiger partial charge is 0.398 e. The molecule has 0 unspecified atom stereocenters. The fourth-order valence-electron chi connectivity index (χ4n) is 2.26. The monoisotopic (exact) mass is 260 g/mol. The van der Waals surface area contributed by atoms with Crippen molar-refractivity contribution in [1.82, 2.24) is 4.98 Å². The number of aromatic nitrogens is 1. The van der Waals surface area contributed by atoms with Crippen LogP contribution in [0.5, 0.6) is 0 Å². The molecule has 0 bridgehead atoms. The number of pyridine rings is 1. The molecule has 1 aromatic rings. The maximum atomic E-state index is 5.99. The third kappa shape index (κ3) is 2.15. The third-order valence-electron chi connectivity index (χ3n) is 4.49. The zero-order valence-electron chi connectivity index (χ0n) is 12.1. The predicted octanol–water partition coefficient (Wildman–Crippen LogP) is 1.59. The van der Waals surface area contributed by atoms with Gasteiger partial charge < -0.3 is 14.2 Å². The van der Waals surface area contributed by atoms with Crippen LogP contribution < -0.4 is 10.5 Å². The van der Waals surface area contributed by atoms with Crippen molar-refractivity contribution < 1.29 is 9.31 Å². The molecule has 19 heavy (non-hydrogen) atoms. The Bertz CT molecular complexity index is 453. The van der Waals surface area contributed by atoms with Crippen LogP contribution in [0, 0.1) is 0 Å². The SMILES string of the molecule is CC1(C)OB(c2ccc(N3CCC3)cn2)OC1(C)C. The van der Waals surface area contributed by atoms with E-state index >= 15 is 0 Å². The van der Waals surface area contributed by atoms with E-state index in [-0.39, 0.29) is 18.3 Å². The second-order valence-electron chi connectivity index (χ2n) is 6.37. The molecule has 3 heterocycles. The van der Waals surface area contributed by atoms with Gasteiger partial charge in [-0.05, 0) is 46.2 Å². The lowest BCUT2D eigenvalue weighted by atomic mass is 9.84. The van der Waals surface area contributed by atoms with E-state index in [0.29, 0.717) is 0 Å². The van der Waals surface area contributed by atoms with Crippen LogP contribution in [0.15, 0.2) is 18.3 Å². The minimum Gasteiger partial charge on any atom is -0.398 e. The van der Waals surface area contributed by atoms with E-state index in [1.54, 1.807) is 0 Å². The lowest BCUT2D eigenvalue weighted by Gasteiger charge is -2.32. The summed E-state index contributed by atoms with van der Waals surface area (Å²) in [5.41, 5.74) is 1.42. The maximum Gasteiger partial charge on any atom is 0.514 e. The first kappa shape index (κ1) is 12.9. The molecule has 0 aromatic carbocycles. The summed E-state index contributed by atoms with van der Waals surface area (Å²) in [5, 5.41) is 0. The fraction of sp³-hybridized carbons (Fsp3) is 0.643. The Labute approximate surface area is 115 Å². The molecule has 0 atom stereocenters. The number of rotatable bonds is 2. The van der Waals surface area contributed by atoms with Crippen LogP contribution in [0.25, 0.3) is 0 Å². The van der Waals surface area contributed by atoms with E-state index in [0.717, 1.165) is 18.7 Å². The molecule has 2 aliphatic heterocycles. The molecule has 0 aliphatic carbocycles. The second kappa shape index (κ2) is 4.22. The van der Waals surface area contributed by atoms with Gasteiger partial charge in [0, 0.05) is 19.3 Å². The van der Waals surface area contributed by atoms with Gasteiger partial charge in [0.15, 0.2) is 0 Å². The van der Waals surface area contributed by atoms with E-state index in [2.05, 4.69) is 43.6 Å². The van der Waals surface area contributed by atoms with E-state index in [4.69, 9.17) is 9.31 Å². The van der Waals surface area contributed by atoms with Crippen molar-refractivity contribution in [2.45, 2.75) is 45.3 Å². The zero-order valence-corrected chi connectivity index (χ0v) is 12.1. The largest absolute Gasteiger partial charge is 0.514 e. The Morgan fingerprint density at radius 3 is 2.16 bits per heavy atom. The lowest BCUT2D eigenvalue weighted by Crippen LogP contribution is -2.41. The molecule has 3 rings (SSSR count). The molecule has 4 nitrogen and oxygen atoms in total. The van der Waals surface area contributed by atoms with Gasteiger partial charge in [-0.25, -0.2) is 0 Å². The van der Waals surface area contributed by atoms with Crippen LogP contribution in [-0.2, 0) is 9.31 Å². The first-order chi connectivity index (χ1) is 8.89. The van der Waals surface area contributed by atoms with Gasteiger partial charge in [0.1, 0.15) is 0 Å². The fourth-order valence-corrected chi connectivity index (χ4v) is 2.26. The lowest BCUT2D eigenvalue weighted by molar-refractivity contribution is 0.00578. The molecular formula is C14H21BN2O2. The highest BCUT2D eigenvalue weighted by atomic mass is 16.7. The first-order valence-electron chi connectivity index (χ1n) is 6.96. The highest BCUT2D eigenvalue weighted by Gasteiger charge is 2.52. The van der Waals surface area contributed by atoms with Crippen molar-refractivity contribution in [2.24, 2.45) is 0 Å². The van der Waals surface area contributed by atoms with Crippen LogP contribution >= 0.6 is 0 Å². The van der Waals surface area contributed by atoms with Crippen molar-refractivity contribution in [3.8, 4) is 0 Å². The van der Waals surface area contributed by atoms with Gasteiger partial charge in [-0.2, -0.15) is 0 Å². The number of anilines is 1. The molecule has 0 spiro atoms. The van der Waals surface area contributed by atoms with Crippen molar-refractivity contribution >= 4 is 18.4 Å². The highest BCUT2D eigenvalue weighted by Crippen LogP contribution is 2.36. The minimum absolute atomic E-state index is 0.310. The van der Waals surface area contributed by atoms with Gasteiger partial charge in [0.25, 0.3) is 0 Å². The summed E-state index contributed by atoms with van der Waals surface area (Å²) in [6.07, 6.45) is 3.19. The van der Waals surface area contributed by atoms with Gasteiger partial charge in [-0.3, -0.25) is 4.98 Å². The van der Waals surface area contributed by atoms with Crippen LogP contribution in [0.3, 0.4) is 0 Å². The Kier molecular flexibility index (Phi) is 2.87. The molecule has 5 heteroatoms. The van der Waals surface area contributed by atoms with Crippen molar-refractivity contribution in [3.63, 3.8) is 0 Å². The quantitative estimate of drug-likeness (QED) is 0.756. The van der Waals surface area contributed by atoms with Crippen LogP contribution in [0.2, 0.25) is 0 Å². The summed E-state index contributed by atoms with van der Waals surface area (Å²) < 4.78 is 12.0. The highest BCUT2D eigenvalue weighted by molar-refractivity contribution is 6.61. The number of hydrogen-bond donors (Lipinski definition) is 0. The van der Waals surface area contributed by atoms with Gasteiger partial charge in [-0.15, -0.1) is 0 Å². The maximum absolute atomic E-state index is 5.99. The van der Waals surface area contributed by atoms with Crippen LogP contribution in [0.1, 0.15) is 34.1 Å². The molecule has 2 aliphatic rings. The van der Waals surface area contributed by atoms with Gasteiger partial charge in [-0.1, -0.05) is 0 Å². The normalized spacial score (nSPS) is 24.4. The summed E-state index contributed by atoms with van der Waals surface area (Å²) in [6.45, 7) is 10.5. The molecule has 2 saturated heterocycles. The molecule has 0 N–H and O–H groups in total. The number of hydrogen-bond acceptors (Lipinski definition) is 4. The summed E-state index contributed by atoms with van der Waals surface area (Å²) in [6, 6.07) is 4.11. The summed E-state index contributed by atoms with van der Waals surface area (Å²) in [4.78, 5) is 6.82. The van der Waals surface area contributed by atoms with E-state index in [9.17, 15) is 0 Å². The topological polar surface area (TPSA) is 34.6 Å².